The Morgan fingerprint density at radius 3 is 2.68 bits per heavy atom. The first kappa shape index (κ1) is 26.2. The lowest BCUT2D eigenvalue weighted by atomic mass is 10.0. The van der Waals surface area contributed by atoms with Crippen molar-refractivity contribution in [3.63, 3.8) is 0 Å². The van der Waals surface area contributed by atoms with Gasteiger partial charge in [0, 0.05) is 31.6 Å². The van der Waals surface area contributed by atoms with Crippen molar-refractivity contribution in [3.05, 3.63) is 82.5 Å². The van der Waals surface area contributed by atoms with Gasteiger partial charge in [-0.1, -0.05) is 47.7 Å². The van der Waals surface area contributed by atoms with Gasteiger partial charge in [-0.15, -0.1) is 12.4 Å². The molecule has 1 fully saturated rings. The standard InChI is InChI=1S/C28H24FN3O4S.ClH/c29-22-7-3-8-24-25(22)30-28(37-24)32(12-4-11-31-13-15-35-16-14-31)26(33)21-17-20-19-6-2-1-5-18(19)9-10-23(20)36-27(21)34;/h1-3,5-10,17H,4,11-16H2;1H. The summed E-state index contributed by atoms with van der Waals surface area (Å²) in [5, 5.41) is 2.90. The first-order chi connectivity index (χ1) is 18.1. The summed E-state index contributed by atoms with van der Waals surface area (Å²) in [7, 11) is 0. The minimum Gasteiger partial charge on any atom is -0.422 e. The molecule has 1 amide bonds. The summed E-state index contributed by atoms with van der Waals surface area (Å²) in [5.74, 6) is -0.956. The van der Waals surface area contributed by atoms with E-state index in [0.29, 0.717) is 47.0 Å². The van der Waals surface area contributed by atoms with E-state index in [-0.39, 0.29) is 23.5 Å². The molecule has 1 saturated heterocycles. The van der Waals surface area contributed by atoms with Crippen molar-refractivity contribution in [1.29, 1.82) is 0 Å². The van der Waals surface area contributed by atoms with Crippen molar-refractivity contribution in [2.45, 2.75) is 6.42 Å². The third-order valence-corrected chi connectivity index (χ3v) is 7.71. The Hall–Kier alpha value is -3.37. The van der Waals surface area contributed by atoms with Crippen LogP contribution in [0.15, 0.2) is 69.9 Å². The van der Waals surface area contributed by atoms with Crippen molar-refractivity contribution in [3.8, 4) is 0 Å². The van der Waals surface area contributed by atoms with Gasteiger partial charge in [0.1, 0.15) is 22.5 Å². The van der Waals surface area contributed by atoms with E-state index >= 15 is 0 Å². The van der Waals surface area contributed by atoms with Crippen molar-refractivity contribution >= 4 is 66.7 Å². The summed E-state index contributed by atoms with van der Waals surface area (Å²) in [6.07, 6.45) is 0.659. The largest absolute Gasteiger partial charge is 0.422 e. The Morgan fingerprint density at radius 2 is 1.87 bits per heavy atom. The molecule has 0 unspecified atom stereocenters. The zero-order valence-electron chi connectivity index (χ0n) is 20.4. The molecule has 5 aromatic rings. The van der Waals surface area contributed by atoms with Gasteiger partial charge in [0.05, 0.1) is 17.9 Å². The normalized spacial score (nSPS) is 14.1. The van der Waals surface area contributed by atoms with Crippen LogP contribution in [-0.4, -0.2) is 55.2 Å². The number of benzene rings is 3. The van der Waals surface area contributed by atoms with Crippen molar-refractivity contribution in [2.75, 3.05) is 44.3 Å². The molecular weight excluding hydrogens is 529 g/mol. The zero-order valence-corrected chi connectivity index (χ0v) is 22.0. The lowest BCUT2D eigenvalue weighted by molar-refractivity contribution is 0.0376. The second-order valence-corrected chi connectivity index (χ2v) is 10.0. The molecule has 7 nitrogen and oxygen atoms in total. The Morgan fingerprint density at radius 1 is 1.05 bits per heavy atom. The number of anilines is 1. The van der Waals surface area contributed by atoms with Gasteiger partial charge in [0.15, 0.2) is 5.13 Å². The van der Waals surface area contributed by atoms with Crippen LogP contribution < -0.4 is 10.5 Å². The number of aromatic nitrogens is 1. The lowest BCUT2D eigenvalue weighted by Crippen LogP contribution is -2.40. The number of amides is 1. The van der Waals surface area contributed by atoms with Crippen LogP contribution in [0.2, 0.25) is 0 Å². The van der Waals surface area contributed by atoms with E-state index in [4.69, 9.17) is 9.15 Å². The summed E-state index contributed by atoms with van der Waals surface area (Å²) in [4.78, 5) is 35.1. The average Bonchev–Trinajstić information content (AvgIpc) is 3.36. The number of hydrogen-bond acceptors (Lipinski definition) is 7. The zero-order chi connectivity index (χ0) is 25.4. The second-order valence-electron chi connectivity index (χ2n) is 8.99. The van der Waals surface area contributed by atoms with Gasteiger partial charge in [0.25, 0.3) is 5.91 Å². The van der Waals surface area contributed by atoms with Crippen molar-refractivity contribution in [1.82, 2.24) is 9.88 Å². The lowest BCUT2D eigenvalue weighted by Gasteiger charge is -2.27. The highest BCUT2D eigenvalue weighted by atomic mass is 35.5. The van der Waals surface area contributed by atoms with E-state index in [0.717, 1.165) is 30.4 Å². The van der Waals surface area contributed by atoms with Crippen LogP contribution >= 0.6 is 23.7 Å². The van der Waals surface area contributed by atoms with Gasteiger partial charge >= 0.3 is 5.63 Å². The van der Waals surface area contributed by atoms with Crippen LogP contribution in [0.3, 0.4) is 0 Å². The molecule has 6 rings (SSSR count). The highest BCUT2D eigenvalue weighted by Gasteiger charge is 2.26. The smallest absolute Gasteiger partial charge is 0.349 e. The van der Waals surface area contributed by atoms with E-state index in [1.807, 2.05) is 30.3 Å². The molecule has 0 spiro atoms. The van der Waals surface area contributed by atoms with Crippen molar-refractivity contribution < 1.29 is 18.3 Å². The van der Waals surface area contributed by atoms with Crippen LogP contribution in [0.25, 0.3) is 32.0 Å². The number of thiazole rings is 1. The van der Waals surface area contributed by atoms with Gasteiger partial charge in [-0.05, 0) is 41.5 Å². The summed E-state index contributed by atoms with van der Waals surface area (Å²) in [6.45, 7) is 4.13. The summed E-state index contributed by atoms with van der Waals surface area (Å²) in [6, 6.07) is 17.7. The molecule has 0 radical (unpaired) electrons. The maximum atomic E-state index is 14.4. The molecule has 2 aromatic heterocycles. The minimum absolute atomic E-state index is 0. The second kappa shape index (κ2) is 11.2. The van der Waals surface area contributed by atoms with Gasteiger partial charge in [-0.25, -0.2) is 14.2 Å². The fourth-order valence-electron chi connectivity index (χ4n) is 4.75. The molecule has 1 aliphatic heterocycles. The van der Waals surface area contributed by atoms with Gasteiger partial charge in [0.2, 0.25) is 0 Å². The maximum Gasteiger partial charge on any atom is 0.349 e. The molecule has 0 atom stereocenters. The number of fused-ring (bicyclic) bond motifs is 4. The molecule has 0 N–H and O–H groups in total. The quantitative estimate of drug-likeness (QED) is 0.204. The van der Waals surface area contributed by atoms with E-state index in [2.05, 4.69) is 9.88 Å². The summed E-state index contributed by atoms with van der Waals surface area (Å²) >= 11 is 1.23. The molecule has 38 heavy (non-hydrogen) atoms. The number of para-hydroxylation sites is 1. The van der Waals surface area contributed by atoms with Crippen LogP contribution in [0.1, 0.15) is 16.8 Å². The molecule has 3 aromatic carbocycles. The third-order valence-electron chi connectivity index (χ3n) is 6.67. The molecule has 10 heteroatoms. The first-order valence-electron chi connectivity index (χ1n) is 12.2. The molecular formula is C28H25ClFN3O4S. The number of carbonyl (C=O) groups is 1. The van der Waals surface area contributed by atoms with E-state index in [9.17, 15) is 14.0 Å². The summed E-state index contributed by atoms with van der Waals surface area (Å²) < 4.78 is 26.1. The Balaban J connectivity index is 0.00000294. The monoisotopic (exact) mass is 553 g/mol. The Labute approximate surface area is 227 Å². The number of hydrogen-bond donors (Lipinski definition) is 0. The molecule has 0 aliphatic carbocycles. The predicted molar refractivity (Wildman–Crippen MR) is 150 cm³/mol. The van der Waals surface area contributed by atoms with Crippen LogP contribution in [-0.2, 0) is 4.74 Å². The first-order valence-corrected chi connectivity index (χ1v) is 13.0. The van der Waals surface area contributed by atoms with Crippen LogP contribution in [0.4, 0.5) is 9.52 Å². The molecule has 1 aliphatic rings. The number of ether oxygens (including phenoxy) is 1. The number of halogens is 2. The molecule has 196 valence electrons. The maximum absolute atomic E-state index is 14.4. The molecule has 0 bridgehead atoms. The summed E-state index contributed by atoms with van der Waals surface area (Å²) in [5.41, 5.74) is -0.153. The highest BCUT2D eigenvalue weighted by molar-refractivity contribution is 7.22. The highest BCUT2D eigenvalue weighted by Crippen LogP contribution is 2.32. The number of rotatable bonds is 6. The van der Waals surface area contributed by atoms with Crippen LogP contribution in [0.5, 0.6) is 0 Å². The number of nitrogens with zero attached hydrogens (tertiary/aromatic N) is 3. The van der Waals surface area contributed by atoms with E-state index < -0.39 is 17.3 Å². The van der Waals surface area contributed by atoms with Gasteiger partial charge in [-0.2, -0.15) is 0 Å². The molecule has 0 saturated carbocycles. The predicted octanol–water partition coefficient (Wildman–Crippen LogP) is 5.49. The van der Waals surface area contributed by atoms with Crippen molar-refractivity contribution in [2.24, 2.45) is 0 Å². The van der Waals surface area contributed by atoms with E-state index in [1.165, 1.54) is 22.3 Å². The molecule has 3 heterocycles. The fourth-order valence-corrected chi connectivity index (χ4v) is 5.75. The minimum atomic E-state index is -0.710. The van der Waals surface area contributed by atoms with E-state index in [1.54, 1.807) is 24.3 Å². The number of morpholine rings is 1. The van der Waals surface area contributed by atoms with Crippen LogP contribution in [0, 0.1) is 5.82 Å². The topological polar surface area (TPSA) is 75.9 Å². The number of carbonyl (C=O) groups excluding carboxylic acids is 1. The third kappa shape index (κ3) is 5.02. The van der Waals surface area contributed by atoms with Gasteiger partial charge < -0.3 is 9.15 Å². The SMILES string of the molecule is Cl.O=C(c1cc2c(ccc3ccccc32)oc1=O)N(CCCN1CCOCC1)c1nc2c(F)cccc2s1. The fraction of sp³-hybridized carbons (Fsp3) is 0.250. The van der Waals surface area contributed by atoms with Gasteiger partial charge in [-0.3, -0.25) is 14.6 Å². The Kier molecular flexibility index (Phi) is 7.71. The Bertz CT molecular complexity index is 1680. The average molecular weight is 554 g/mol.